The largest absolute Gasteiger partial charge is 0.417 e. The van der Waals surface area contributed by atoms with Crippen LogP contribution in [0.15, 0.2) is 34.6 Å². The summed E-state index contributed by atoms with van der Waals surface area (Å²) in [6.07, 6.45) is -3.68. The van der Waals surface area contributed by atoms with Gasteiger partial charge in [-0.05, 0) is 30.0 Å². The molecule has 0 radical (unpaired) electrons. The second kappa shape index (κ2) is 5.68. The van der Waals surface area contributed by atoms with Crippen molar-refractivity contribution in [1.82, 2.24) is 24.8 Å². The number of halogens is 4. The lowest BCUT2D eigenvalue weighted by Crippen LogP contribution is -2.07. The molecular formula is C12H4ClF3N6S. The van der Waals surface area contributed by atoms with Gasteiger partial charge in [-0.15, -0.1) is 20.4 Å². The summed E-state index contributed by atoms with van der Waals surface area (Å²) in [7, 11) is 0. The third kappa shape index (κ3) is 3.06. The van der Waals surface area contributed by atoms with E-state index in [2.05, 4.69) is 20.4 Å². The van der Waals surface area contributed by atoms with Gasteiger partial charge < -0.3 is 0 Å². The van der Waals surface area contributed by atoms with Crippen LogP contribution in [-0.4, -0.2) is 24.8 Å². The maximum absolute atomic E-state index is 12.9. The van der Waals surface area contributed by atoms with Gasteiger partial charge in [0.2, 0.25) is 5.16 Å². The van der Waals surface area contributed by atoms with E-state index in [4.69, 9.17) is 16.9 Å². The maximum Gasteiger partial charge on any atom is 0.417 e. The number of fused-ring (bicyclic) bond motifs is 1. The minimum absolute atomic E-state index is 0.101. The Morgan fingerprint density at radius 3 is 2.57 bits per heavy atom. The average Bonchev–Trinajstić information content (AvgIpc) is 2.91. The fourth-order valence-electron chi connectivity index (χ4n) is 1.69. The molecule has 0 aliphatic heterocycles. The van der Waals surface area contributed by atoms with Crippen LogP contribution in [0.4, 0.5) is 13.2 Å². The van der Waals surface area contributed by atoms with Gasteiger partial charge in [0.25, 0.3) is 0 Å². The lowest BCUT2D eigenvalue weighted by Gasteiger charge is -2.08. The van der Waals surface area contributed by atoms with E-state index in [9.17, 15) is 13.2 Å². The highest BCUT2D eigenvalue weighted by Crippen LogP contribution is 2.34. The van der Waals surface area contributed by atoms with E-state index >= 15 is 0 Å². The number of pyridine rings is 1. The van der Waals surface area contributed by atoms with Gasteiger partial charge in [-0.2, -0.15) is 18.4 Å². The standard InChI is InChI=1S/C12H4ClF3N6S/c13-8-3-6(12(14,15)16)5-22-10(8)20-21-11(22)23-9-2-1-7(4-17)18-19-9/h1-3,5H. The first-order valence-electron chi connectivity index (χ1n) is 5.91. The van der Waals surface area contributed by atoms with Crippen molar-refractivity contribution in [1.29, 1.82) is 5.26 Å². The van der Waals surface area contributed by atoms with Crippen LogP contribution in [0.5, 0.6) is 0 Å². The summed E-state index contributed by atoms with van der Waals surface area (Å²) in [6, 6.07) is 5.55. The fourth-order valence-corrected chi connectivity index (χ4v) is 2.66. The molecule has 0 aromatic carbocycles. The second-order valence-electron chi connectivity index (χ2n) is 4.22. The highest BCUT2D eigenvalue weighted by atomic mass is 35.5. The molecule has 0 fully saturated rings. The molecule has 3 heterocycles. The Labute approximate surface area is 135 Å². The number of nitrogens with zero attached hydrogens (tertiary/aromatic N) is 6. The molecule has 0 bridgehead atoms. The van der Waals surface area contributed by atoms with Gasteiger partial charge in [-0.25, -0.2) is 0 Å². The average molecular weight is 357 g/mol. The molecule has 0 N–H and O–H groups in total. The summed E-state index contributed by atoms with van der Waals surface area (Å²) in [4.78, 5) is 0. The molecule has 0 aliphatic carbocycles. The SMILES string of the molecule is N#Cc1ccc(Sc2nnc3c(Cl)cc(C(F)(F)F)cn23)nn1. The highest BCUT2D eigenvalue weighted by molar-refractivity contribution is 7.99. The van der Waals surface area contributed by atoms with Crippen LogP contribution in [0.2, 0.25) is 5.02 Å². The zero-order valence-electron chi connectivity index (χ0n) is 10.9. The quantitative estimate of drug-likeness (QED) is 0.701. The van der Waals surface area contributed by atoms with Crippen molar-refractivity contribution < 1.29 is 13.2 Å². The normalized spacial score (nSPS) is 11.6. The monoisotopic (exact) mass is 356 g/mol. The predicted molar refractivity (Wildman–Crippen MR) is 73.9 cm³/mol. The molecule has 0 saturated heterocycles. The van der Waals surface area contributed by atoms with Gasteiger partial charge in [0.05, 0.1) is 10.6 Å². The Hall–Kier alpha value is -2.38. The summed E-state index contributed by atoms with van der Waals surface area (Å²) in [6.45, 7) is 0. The Morgan fingerprint density at radius 2 is 1.96 bits per heavy atom. The Bertz CT molecular complexity index is 915. The molecule has 0 amide bonds. The summed E-state index contributed by atoms with van der Waals surface area (Å²) in [5.41, 5.74) is -0.686. The summed E-state index contributed by atoms with van der Waals surface area (Å²) >= 11 is 6.78. The van der Waals surface area contributed by atoms with E-state index in [0.717, 1.165) is 28.4 Å². The van der Waals surface area contributed by atoms with Crippen LogP contribution < -0.4 is 0 Å². The third-order valence-electron chi connectivity index (χ3n) is 2.71. The number of hydrogen-bond donors (Lipinski definition) is 0. The van der Waals surface area contributed by atoms with Crippen molar-refractivity contribution in [3.8, 4) is 6.07 Å². The van der Waals surface area contributed by atoms with Crippen LogP contribution in [-0.2, 0) is 6.18 Å². The van der Waals surface area contributed by atoms with Crippen molar-refractivity contribution in [3.05, 3.63) is 40.7 Å². The number of rotatable bonds is 2. The van der Waals surface area contributed by atoms with Crippen LogP contribution in [0, 0.1) is 11.3 Å². The van der Waals surface area contributed by atoms with Gasteiger partial charge in [0.15, 0.2) is 11.3 Å². The van der Waals surface area contributed by atoms with Gasteiger partial charge in [-0.3, -0.25) is 4.40 Å². The van der Waals surface area contributed by atoms with E-state index in [1.54, 1.807) is 0 Å². The molecule has 116 valence electrons. The number of hydrogen-bond acceptors (Lipinski definition) is 6. The van der Waals surface area contributed by atoms with Crippen LogP contribution in [0.1, 0.15) is 11.3 Å². The topological polar surface area (TPSA) is 79.8 Å². The van der Waals surface area contributed by atoms with Gasteiger partial charge in [0.1, 0.15) is 11.1 Å². The van der Waals surface area contributed by atoms with Crippen LogP contribution >= 0.6 is 23.4 Å². The number of nitriles is 1. The molecular weight excluding hydrogens is 353 g/mol. The van der Waals surface area contributed by atoms with Crippen molar-refractivity contribution in [2.75, 3.05) is 0 Å². The lowest BCUT2D eigenvalue weighted by molar-refractivity contribution is -0.137. The maximum atomic E-state index is 12.9. The summed E-state index contributed by atoms with van der Waals surface area (Å²) < 4.78 is 39.7. The molecule has 0 unspecified atom stereocenters. The van der Waals surface area contributed by atoms with E-state index in [1.807, 2.05) is 6.07 Å². The predicted octanol–water partition coefficient (Wildman–Crippen LogP) is 3.21. The van der Waals surface area contributed by atoms with E-state index in [1.165, 1.54) is 12.1 Å². The lowest BCUT2D eigenvalue weighted by atomic mass is 10.3. The number of aromatic nitrogens is 5. The van der Waals surface area contributed by atoms with Crippen LogP contribution in [0.25, 0.3) is 5.65 Å². The van der Waals surface area contributed by atoms with Gasteiger partial charge >= 0.3 is 6.18 Å². The molecule has 0 spiro atoms. The molecule has 3 aromatic rings. The van der Waals surface area contributed by atoms with Crippen molar-refractivity contribution in [2.24, 2.45) is 0 Å². The molecule has 0 atom stereocenters. The van der Waals surface area contributed by atoms with Crippen molar-refractivity contribution >= 4 is 29.0 Å². The third-order valence-corrected chi connectivity index (χ3v) is 3.87. The van der Waals surface area contributed by atoms with Crippen LogP contribution in [0.3, 0.4) is 0 Å². The first kappa shape index (κ1) is 15.5. The zero-order valence-corrected chi connectivity index (χ0v) is 12.5. The smallest absolute Gasteiger partial charge is 0.275 e. The summed E-state index contributed by atoms with van der Waals surface area (Å²) in [5.74, 6) is 0. The van der Waals surface area contributed by atoms with Gasteiger partial charge in [-0.1, -0.05) is 11.6 Å². The minimum atomic E-state index is -4.54. The van der Waals surface area contributed by atoms with E-state index < -0.39 is 11.7 Å². The molecule has 3 aromatic heterocycles. The highest BCUT2D eigenvalue weighted by Gasteiger charge is 2.32. The first-order chi connectivity index (χ1) is 10.9. The van der Waals surface area contributed by atoms with Crippen molar-refractivity contribution in [2.45, 2.75) is 16.4 Å². The van der Waals surface area contributed by atoms with E-state index in [-0.39, 0.29) is 21.5 Å². The van der Waals surface area contributed by atoms with Crippen molar-refractivity contribution in [3.63, 3.8) is 0 Å². The Morgan fingerprint density at radius 1 is 1.17 bits per heavy atom. The molecule has 0 aliphatic rings. The minimum Gasteiger partial charge on any atom is -0.275 e. The summed E-state index contributed by atoms with van der Waals surface area (Å²) in [5, 5.41) is 24.0. The fraction of sp³-hybridized carbons (Fsp3) is 0.0833. The van der Waals surface area contributed by atoms with E-state index in [0.29, 0.717) is 5.03 Å². The molecule has 0 saturated carbocycles. The first-order valence-corrected chi connectivity index (χ1v) is 7.11. The molecule has 6 nitrogen and oxygen atoms in total. The molecule has 11 heteroatoms. The Balaban J connectivity index is 2.04. The van der Waals surface area contributed by atoms with Gasteiger partial charge in [0, 0.05) is 6.20 Å². The zero-order chi connectivity index (χ0) is 16.6. The second-order valence-corrected chi connectivity index (χ2v) is 5.62. The molecule has 23 heavy (non-hydrogen) atoms. The molecule has 3 rings (SSSR count). The Kier molecular flexibility index (Phi) is 3.83. The number of alkyl halides is 3.